The quantitative estimate of drug-likeness (QED) is 0.119. The van der Waals surface area contributed by atoms with Crippen LogP contribution < -0.4 is 10.4 Å². The van der Waals surface area contributed by atoms with Gasteiger partial charge in [0.15, 0.2) is 5.78 Å². The van der Waals surface area contributed by atoms with Gasteiger partial charge in [-0.15, -0.1) is 5.10 Å². The number of carbonyl (C=O) groups is 2. The molecule has 5 aromatic rings. The van der Waals surface area contributed by atoms with Crippen molar-refractivity contribution >= 4 is 33.3 Å². The van der Waals surface area contributed by atoms with Crippen molar-refractivity contribution in [3.05, 3.63) is 135 Å². The zero-order chi connectivity index (χ0) is 36.0. The normalized spacial score (nSPS) is 11.5. The van der Waals surface area contributed by atoms with Gasteiger partial charge in [-0.1, -0.05) is 80.8 Å². The minimum atomic E-state index is -4.51. The average molecular weight is 721 g/mol. The Labute approximate surface area is 293 Å². The topological polar surface area (TPSA) is 120 Å². The van der Waals surface area contributed by atoms with Crippen molar-refractivity contribution in [2.75, 3.05) is 0 Å². The van der Waals surface area contributed by atoms with E-state index in [9.17, 15) is 27.2 Å². The van der Waals surface area contributed by atoms with E-state index in [1.165, 1.54) is 47.0 Å². The molecule has 0 saturated carbocycles. The molecule has 0 fully saturated rings. The standard InChI is InChI=1S/C37H35ClF2N4O5S/c1-3-5-14-33(45)25-19-20-29(38)32(22-25)44-37(47)43(35(41-44)16-6-4-2)23-26-18-17-24(21-31(26)40)27-11-8-10-15-34(27)50(48,49)42-36(46)28-12-7-9-13-30(28)39/h7-13,15,17-22H,3-6,14,16,23H2,1-2H3,(H,42,46). The Hall–Kier alpha value is -4.94. The van der Waals surface area contributed by atoms with Crippen LogP contribution in [-0.4, -0.2) is 34.5 Å². The molecule has 0 aliphatic heterocycles. The lowest BCUT2D eigenvalue weighted by Crippen LogP contribution is -2.31. The second-order valence-corrected chi connectivity index (χ2v) is 13.8. The highest BCUT2D eigenvalue weighted by molar-refractivity contribution is 7.90. The summed E-state index contributed by atoms with van der Waals surface area (Å²) in [6, 6.07) is 19.5. The van der Waals surface area contributed by atoms with Crippen molar-refractivity contribution in [3.8, 4) is 16.8 Å². The molecule has 13 heteroatoms. The molecule has 0 aliphatic carbocycles. The summed E-state index contributed by atoms with van der Waals surface area (Å²) in [5.74, 6) is -2.43. The number of benzene rings is 4. The molecule has 0 bridgehead atoms. The van der Waals surface area contributed by atoms with Crippen LogP contribution >= 0.6 is 11.6 Å². The van der Waals surface area contributed by atoms with Crippen LogP contribution in [0, 0.1) is 11.6 Å². The lowest BCUT2D eigenvalue weighted by atomic mass is 10.0. The Balaban J connectivity index is 1.47. The molecule has 0 spiro atoms. The second-order valence-electron chi connectivity index (χ2n) is 11.7. The molecule has 0 aliphatic rings. The van der Waals surface area contributed by atoms with Gasteiger partial charge in [-0.25, -0.2) is 26.7 Å². The summed E-state index contributed by atoms with van der Waals surface area (Å²) >= 11 is 6.49. The van der Waals surface area contributed by atoms with Gasteiger partial charge in [-0.3, -0.25) is 14.2 Å². The number of aryl methyl sites for hydroxylation is 1. The average Bonchev–Trinajstić information content (AvgIpc) is 3.41. The van der Waals surface area contributed by atoms with Gasteiger partial charge in [0.2, 0.25) is 0 Å². The maximum absolute atomic E-state index is 15.8. The number of ketones is 1. The Morgan fingerprint density at radius 3 is 2.32 bits per heavy atom. The van der Waals surface area contributed by atoms with Gasteiger partial charge in [-0.2, -0.15) is 4.68 Å². The molecule has 1 amide bonds. The molecule has 50 heavy (non-hydrogen) atoms. The molecule has 1 heterocycles. The third kappa shape index (κ3) is 7.92. The maximum Gasteiger partial charge on any atom is 0.351 e. The Morgan fingerprint density at radius 2 is 1.60 bits per heavy atom. The van der Waals surface area contributed by atoms with E-state index in [0.717, 1.165) is 42.1 Å². The lowest BCUT2D eigenvalue weighted by molar-refractivity contribution is 0.0970. The predicted molar refractivity (Wildman–Crippen MR) is 187 cm³/mol. The zero-order valence-electron chi connectivity index (χ0n) is 27.5. The van der Waals surface area contributed by atoms with E-state index < -0.39 is 38.8 Å². The van der Waals surface area contributed by atoms with Gasteiger partial charge in [-0.05, 0) is 60.9 Å². The molecule has 1 N–H and O–H groups in total. The third-order valence-electron chi connectivity index (χ3n) is 8.16. The van der Waals surface area contributed by atoms with Gasteiger partial charge < -0.3 is 0 Å². The van der Waals surface area contributed by atoms with Crippen LogP contribution in [0.1, 0.15) is 78.1 Å². The van der Waals surface area contributed by atoms with Crippen LogP contribution in [-0.2, 0) is 23.0 Å². The van der Waals surface area contributed by atoms with Crippen molar-refractivity contribution in [2.45, 2.75) is 63.8 Å². The van der Waals surface area contributed by atoms with E-state index in [-0.39, 0.29) is 44.6 Å². The number of sulfonamides is 1. The minimum Gasteiger partial charge on any atom is -0.294 e. The molecule has 9 nitrogen and oxygen atoms in total. The molecule has 260 valence electrons. The van der Waals surface area contributed by atoms with Crippen molar-refractivity contribution in [3.63, 3.8) is 0 Å². The van der Waals surface area contributed by atoms with Crippen LogP contribution in [0.4, 0.5) is 8.78 Å². The summed E-state index contributed by atoms with van der Waals surface area (Å²) < 4.78 is 60.9. The van der Waals surface area contributed by atoms with Crippen molar-refractivity contribution in [2.24, 2.45) is 0 Å². The first kappa shape index (κ1) is 36.3. The Kier molecular flexibility index (Phi) is 11.4. The van der Waals surface area contributed by atoms with E-state index in [0.29, 0.717) is 30.7 Å². The maximum atomic E-state index is 15.8. The second kappa shape index (κ2) is 15.7. The summed E-state index contributed by atoms with van der Waals surface area (Å²) in [4.78, 5) is 38.9. The highest BCUT2D eigenvalue weighted by atomic mass is 35.5. The van der Waals surface area contributed by atoms with Crippen LogP contribution in [0.2, 0.25) is 5.02 Å². The number of Topliss-reactive ketones (excluding diaryl/α,β-unsaturated/α-hetero) is 1. The van der Waals surface area contributed by atoms with Crippen LogP contribution in [0.25, 0.3) is 16.8 Å². The fraction of sp³-hybridized carbons (Fsp3) is 0.243. The number of unbranched alkanes of at least 4 members (excludes halogenated alkanes) is 2. The fourth-order valence-electron chi connectivity index (χ4n) is 5.43. The SMILES string of the molecule is CCCCC(=O)c1ccc(Cl)c(-n2nc(CCCC)n(Cc3ccc(-c4ccccc4S(=O)(=O)NC(=O)c4ccccc4F)cc3F)c2=O)c1. The molecule has 0 atom stereocenters. The monoisotopic (exact) mass is 720 g/mol. The van der Waals surface area contributed by atoms with E-state index in [2.05, 4.69) is 5.10 Å². The van der Waals surface area contributed by atoms with E-state index in [1.807, 2.05) is 18.6 Å². The first-order chi connectivity index (χ1) is 23.9. The van der Waals surface area contributed by atoms with Gasteiger partial charge in [0.1, 0.15) is 17.5 Å². The van der Waals surface area contributed by atoms with Crippen molar-refractivity contribution in [1.29, 1.82) is 0 Å². The predicted octanol–water partition coefficient (Wildman–Crippen LogP) is 7.52. The lowest BCUT2D eigenvalue weighted by Gasteiger charge is -2.13. The van der Waals surface area contributed by atoms with Crippen LogP contribution in [0.3, 0.4) is 0 Å². The van der Waals surface area contributed by atoms with Gasteiger partial charge in [0.25, 0.3) is 15.9 Å². The van der Waals surface area contributed by atoms with Gasteiger partial charge in [0.05, 0.1) is 27.7 Å². The van der Waals surface area contributed by atoms with E-state index >= 15 is 4.39 Å². The summed E-state index contributed by atoms with van der Waals surface area (Å²) in [5.41, 5.74) is 0.0600. The Bertz CT molecular complexity index is 2230. The number of hydrogen-bond donors (Lipinski definition) is 1. The summed E-state index contributed by atoms with van der Waals surface area (Å²) in [6.45, 7) is 3.79. The Morgan fingerprint density at radius 1 is 0.880 bits per heavy atom. The molecule has 5 rings (SSSR count). The third-order valence-corrected chi connectivity index (χ3v) is 9.87. The number of amides is 1. The number of aromatic nitrogens is 3. The molecule has 0 radical (unpaired) electrons. The molecule has 0 unspecified atom stereocenters. The zero-order valence-corrected chi connectivity index (χ0v) is 29.0. The van der Waals surface area contributed by atoms with Crippen molar-refractivity contribution in [1.82, 2.24) is 19.1 Å². The summed E-state index contributed by atoms with van der Waals surface area (Å²) in [7, 11) is -4.51. The highest BCUT2D eigenvalue weighted by Crippen LogP contribution is 2.29. The van der Waals surface area contributed by atoms with Crippen LogP contribution in [0.15, 0.2) is 94.6 Å². The van der Waals surface area contributed by atoms with Gasteiger partial charge in [0, 0.05) is 29.5 Å². The summed E-state index contributed by atoms with van der Waals surface area (Å²) in [5, 5.41) is 4.77. The molecule has 0 saturated heterocycles. The number of halogens is 3. The number of nitrogens with one attached hydrogen (secondary N) is 1. The van der Waals surface area contributed by atoms with Crippen molar-refractivity contribution < 1.29 is 26.8 Å². The first-order valence-corrected chi connectivity index (χ1v) is 18.0. The fourth-order valence-corrected chi connectivity index (χ4v) is 6.83. The molecular weight excluding hydrogens is 686 g/mol. The highest BCUT2D eigenvalue weighted by Gasteiger charge is 2.25. The van der Waals surface area contributed by atoms with Gasteiger partial charge >= 0.3 is 5.69 Å². The number of hydrogen-bond acceptors (Lipinski definition) is 6. The summed E-state index contributed by atoms with van der Waals surface area (Å²) in [6.07, 6.45) is 3.89. The number of carbonyl (C=O) groups excluding carboxylic acids is 2. The number of nitrogens with zero attached hydrogens (tertiary/aromatic N) is 3. The van der Waals surface area contributed by atoms with E-state index in [1.54, 1.807) is 24.3 Å². The molecule has 1 aromatic heterocycles. The first-order valence-electron chi connectivity index (χ1n) is 16.2. The minimum absolute atomic E-state index is 0.0764. The number of rotatable bonds is 14. The van der Waals surface area contributed by atoms with E-state index in [4.69, 9.17) is 11.6 Å². The molecular formula is C37H35ClF2N4O5S. The molecule has 4 aromatic carbocycles. The van der Waals surface area contributed by atoms with Crippen LogP contribution in [0.5, 0.6) is 0 Å². The smallest absolute Gasteiger partial charge is 0.294 e. The largest absolute Gasteiger partial charge is 0.351 e.